The molecule has 0 heterocycles. The van der Waals surface area contributed by atoms with Crippen LogP contribution in [0.3, 0.4) is 0 Å². The van der Waals surface area contributed by atoms with Gasteiger partial charge in [0.15, 0.2) is 0 Å². The van der Waals surface area contributed by atoms with Crippen LogP contribution < -0.4 is 5.73 Å². The molecule has 0 fully saturated rings. The minimum absolute atomic E-state index is 0.297. The largest absolute Gasteiger partial charge is 0.462 e. The quantitative estimate of drug-likeness (QED) is 0.241. The molecule has 0 aromatic heterocycles. The summed E-state index contributed by atoms with van der Waals surface area (Å²) in [7, 11) is 0. The molecule has 0 amide bonds. The second-order valence-corrected chi connectivity index (χ2v) is 6.96. The Bertz CT molecular complexity index is 522. The lowest BCUT2D eigenvalue weighted by molar-refractivity contribution is 0.0497. The topological polar surface area (TPSA) is 55.6 Å². The van der Waals surface area contributed by atoms with E-state index >= 15 is 0 Å². The van der Waals surface area contributed by atoms with Gasteiger partial charge in [-0.2, -0.15) is 0 Å². The first-order valence-corrected chi connectivity index (χ1v) is 9.89. The van der Waals surface area contributed by atoms with Crippen molar-refractivity contribution in [1.29, 1.82) is 0 Å². The van der Waals surface area contributed by atoms with Crippen molar-refractivity contribution < 1.29 is 9.53 Å². The monoisotopic (exact) mass is 418 g/mol. The number of benzene rings is 1. The predicted molar refractivity (Wildman–Crippen MR) is 105 cm³/mol. The fourth-order valence-electron chi connectivity index (χ4n) is 2.41. The maximum Gasteiger partial charge on any atom is 0.338 e. The van der Waals surface area contributed by atoms with E-state index in [-0.39, 0.29) is 5.97 Å². The molecule has 1 aromatic rings. The highest BCUT2D eigenvalue weighted by atomic mass is 79.9. The molecule has 0 aliphatic heterocycles. The van der Waals surface area contributed by atoms with E-state index in [0.717, 1.165) is 55.4 Å². The summed E-state index contributed by atoms with van der Waals surface area (Å²) in [6, 6.07) is 3.57. The number of nitrogens with two attached hydrogens (primary N) is 1. The number of halogens is 2. The number of carbonyl (C=O) groups excluding carboxylic acids is 1. The van der Waals surface area contributed by atoms with Crippen LogP contribution in [0.25, 0.3) is 0 Å². The van der Waals surface area contributed by atoms with Crippen molar-refractivity contribution >= 4 is 39.2 Å². The van der Waals surface area contributed by atoms with Crippen LogP contribution in [-0.4, -0.2) is 36.4 Å². The molecule has 0 atom stereocenters. The summed E-state index contributed by atoms with van der Waals surface area (Å²) in [6.07, 6.45) is 3.97. The Labute approximate surface area is 158 Å². The van der Waals surface area contributed by atoms with Crippen molar-refractivity contribution in [3.05, 3.63) is 27.7 Å². The van der Waals surface area contributed by atoms with Crippen LogP contribution >= 0.6 is 27.5 Å². The minimum atomic E-state index is -0.297. The first-order valence-electron chi connectivity index (χ1n) is 8.56. The third kappa shape index (κ3) is 6.99. The molecule has 0 unspecified atom stereocenters. The standard InChI is InChI=1S/C18H28BrClN2O2/c1-3-22(4-2)13-15-11-14(12-16(19)17(15)21)18(23)24-10-8-6-5-7-9-20/h11-12H,3-10,13,21H2,1-2H3. The average molecular weight is 420 g/mol. The van der Waals surface area contributed by atoms with E-state index in [1.807, 2.05) is 6.07 Å². The maximum absolute atomic E-state index is 12.3. The highest BCUT2D eigenvalue weighted by Gasteiger charge is 2.14. The lowest BCUT2D eigenvalue weighted by Crippen LogP contribution is -2.23. The van der Waals surface area contributed by atoms with Gasteiger partial charge < -0.3 is 10.5 Å². The van der Waals surface area contributed by atoms with E-state index in [1.54, 1.807) is 6.07 Å². The Morgan fingerprint density at radius 2 is 1.88 bits per heavy atom. The van der Waals surface area contributed by atoms with E-state index < -0.39 is 0 Å². The predicted octanol–water partition coefficient (Wildman–Crippen LogP) is 4.83. The number of ether oxygens (including phenoxy) is 1. The number of alkyl halides is 1. The number of carbonyl (C=O) groups is 1. The molecular formula is C18H28BrClN2O2. The molecule has 24 heavy (non-hydrogen) atoms. The summed E-state index contributed by atoms with van der Waals surface area (Å²) in [6.45, 7) is 7.24. The van der Waals surface area contributed by atoms with Gasteiger partial charge in [-0.05, 0) is 59.6 Å². The Hall–Kier alpha value is -0.780. The highest BCUT2D eigenvalue weighted by Crippen LogP contribution is 2.27. The van der Waals surface area contributed by atoms with Crippen LogP contribution in [0.1, 0.15) is 55.5 Å². The molecular weight excluding hydrogens is 392 g/mol. The number of hydrogen-bond donors (Lipinski definition) is 1. The highest BCUT2D eigenvalue weighted by molar-refractivity contribution is 9.10. The first kappa shape index (κ1) is 21.3. The zero-order chi connectivity index (χ0) is 17.9. The minimum Gasteiger partial charge on any atom is -0.462 e. The Morgan fingerprint density at radius 1 is 1.21 bits per heavy atom. The van der Waals surface area contributed by atoms with Crippen LogP contribution in [0.5, 0.6) is 0 Å². The third-order valence-electron chi connectivity index (χ3n) is 4.00. The summed E-state index contributed by atoms with van der Waals surface area (Å²) < 4.78 is 6.11. The van der Waals surface area contributed by atoms with Crippen LogP contribution in [0, 0.1) is 0 Å². The first-order chi connectivity index (χ1) is 11.5. The molecule has 4 nitrogen and oxygen atoms in total. The SMILES string of the molecule is CCN(CC)Cc1cc(C(=O)OCCCCCCCl)cc(Br)c1N. The molecule has 0 bridgehead atoms. The molecule has 0 aliphatic carbocycles. The Morgan fingerprint density at radius 3 is 2.50 bits per heavy atom. The number of esters is 1. The van der Waals surface area contributed by atoms with Crippen molar-refractivity contribution in [3.63, 3.8) is 0 Å². The summed E-state index contributed by atoms with van der Waals surface area (Å²) in [5.74, 6) is 0.392. The summed E-state index contributed by atoms with van der Waals surface area (Å²) in [5, 5.41) is 0. The van der Waals surface area contributed by atoms with Crippen LogP contribution in [0.15, 0.2) is 16.6 Å². The lowest BCUT2D eigenvalue weighted by Gasteiger charge is -2.20. The normalized spacial score (nSPS) is 11.0. The molecule has 0 saturated heterocycles. The molecule has 1 rings (SSSR count). The van der Waals surface area contributed by atoms with E-state index in [9.17, 15) is 4.79 Å². The number of nitrogens with zero attached hydrogens (tertiary/aromatic N) is 1. The van der Waals surface area contributed by atoms with Crippen molar-refractivity contribution in [2.24, 2.45) is 0 Å². The van der Waals surface area contributed by atoms with Crippen molar-refractivity contribution in [1.82, 2.24) is 4.90 Å². The van der Waals surface area contributed by atoms with Gasteiger partial charge in [0.2, 0.25) is 0 Å². The zero-order valence-corrected chi connectivity index (χ0v) is 17.0. The van der Waals surface area contributed by atoms with Gasteiger partial charge >= 0.3 is 5.97 Å². The van der Waals surface area contributed by atoms with Gasteiger partial charge in [-0.25, -0.2) is 4.79 Å². The molecule has 0 radical (unpaired) electrons. The van der Waals surface area contributed by atoms with Gasteiger partial charge in [0.1, 0.15) is 0 Å². The zero-order valence-electron chi connectivity index (χ0n) is 14.6. The van der Waals surface area contributed by atoms with Gasteiger partial charge in [-0.15, -0.1) is 11.6 Å². The Balaban J connectivity index is 2.66. The molecule has 6 heteroatoms. The van der Waals surface area contributed by atoms with E-state index in [1.165, 1.54) is 0 Å². The smallest absolute Gasteiger partial charge is 0.338 e. The second kappa shape index (κ2) is 11.7. The maximum atomic E-state index is 12.3. The van der Waals surface area contributed by atoms with Crippen molar-refractivity contribution in [2.75, 3.05) is 31.3 Å². The fourth-order valence-corrected chi connectivity index (χ4v) is 3.10. The van der Waals surface area contributed by atoms with Gasteiger partial charge in [0.25, 0.3) is 0 Å². The fraction of sp³-hybridized carbons (Fsp3) is 0.611. The van der Waals surface area contributed by atoms with Crippen molar-refractivity contribution in [2.45, 2.75) is 46.1 Å². The summed E-state index contributed by atoms with van der Waals surface area (Å²) >= 11 is 9.09. The third-order valence-corrected chi connectivity index (χ3v) is 4.92. The Kier molecular flexibility index (Phi) is 10.4. The van der Waals surface area contributed by atoms with E-state index in [2.05, 4.69) is 34.7 Å². The molecule has 1 aromatic carbocycles. The second-order valence-electron chi connectivity index (χ2n) is 5.73. The van der Waals surface area contributed by atoms with Gasteiger partial charge in [0.05, 0.1) is 17.9 Å². The lowest BCUT2D eigenvalue weighted by atomic mass is 10.1. The molecule has 0 spiro atoms. The number of nitrogen functional groups attached to an aromatic ring is 1. The van der Waals surface area contributed by atoms with Gasteiger partial charge in [-0.3, -0.25) is 4.90 Å². The number of unbranched alkanes of at least 4 members (excludes halogenated alkanes) is 3. The molecule has 136 valence electrons. The van der Waals surface area contributed by atoms with Crippen molar-refractivity contribution in [3.8, 4) is 0 Å². The summed E-state index contributed by atoms with van der Waals surface area (Å²) in [4.78, 5) is 14.5. The number of anilines is 1. The van der Waals surface area contributed by atoms with Gasteiger partial charge in [-0.1, -0.05) is 26.7 Å². The van der Waals surface area contributed by atoms with Crippen LogP contribution in [0.2, 0.25) is 0 Å². The summed E-state index contributed by atoms with van der Waals surface area (Å²) in [5.41, 5.74) is 8.31. The average Bonchev–Trinajstić information content (AvgIpc) is 2.58. The van der Waals surface area contributed by atoms with E-state index in [0.29, 0.717) is 23.7 Å². The van der Waals surface area contributed by atoms with Gasteiger partial charge in [0, 0.05) is 16.9 Å². The molecule has 0 aliphatic rings. The molecule has 0 saturated carbocycles. The van der Waals surface area contributed by atoms with Crippen LogP contribution in [0.4, 0.5) is 5.69 Å². The number of rotatable bonds is 11. The molecule has 2 N–H and O–H groups in total. The van der Waals surface area contributed by atoms with Crippen LogP contribution in [-0.2, 0) is 11.3 Å². The number of hydrogen-bond acceptors (Lipinski definition) is 4. The van der Waals surface area contributed by atoms with E-state index in [4.69, 9.17) is 22.1 Å².